The zero-order valence-electron chi connectivity index (χ0n) is 15.5. The Morgan fingerprint density at radius 1 is 0.962 bits per heavy atom. The summed E-state index contributed by atoms with van der Waals surface area (Å²) in [5.74, 6) is 0.251. The number of benzene rings is 2. The van der Waals surface area contributed by atoms with Crippen molar-refractivity contribution in [2.24, 2.45) is 0 Å². The Kier molecular flexibility index (Phi) is 4.83. The monoisotopic (exact) mass is 349 g/mol. The average Bonchev–Trinajstić information content (AvgIpc) is 2.71. The summed E-state index contributed by atoms with van der Waals surface area (Å²) >= 11 is 0. The number of hydrogen-bond donors (Lipinski definition) is 0. The molecule has 0 spiro atoms. The molecule has 1 amide bonds. The summed E-state index contributed by atoms with van der Waals surface area (Å²) < 4.78 is 0. The normalized spacial score (nSPS) is 20.0. The number of anilines is 2. The van der Waals surface area contributed by atoms with Gasteiger partial charge in [0.05, 0.1) is 6.54 Å². The highest BCUT2D eigenvalue weighted by Crippen LogP contribution is 2.30. The molecule has 0 aliphatic carbocycles. The molecule has 2 aliphatic heterocycles. The van der Waals surface area contributed by atoms with Crippen LogP contribution in [0.4, 0.5) is 11.4 Å². The summed E-state index contributed by atoms with van der Waals surface area (Å²) in [6.45, 7) is 6.14. The molecule has 0 saturated carbocycles. The van der Waals surface area contributed by atoms with Crippen molar-refractivity contribution in [3.8, 4) is 0 Å². The number of amides is 1. The topological polar surface area (TPSA) is 26.8 Å². The van der Waals surface area contributed by atoms with Crippen LogP contribution in [0.2, 0.25) is 0 Å². The first-order valence-corrected chi connectivity index (χ1v) is 9.65. The first-order valence-electron chi connectivity index (χ1n) is 9.65. The number of hydrogen-bond acceptors (Lipinski definition) is 3. The third-order valence-corrected chi connectivity index (χ3v) is 5.72. The quantitative estimate of drug-likeness (QED) is 0.852. The second-order valence-corrected chi connectivity index (χ2v) is 7.35. The van der Waals surface area contributed by atoms with E-state index in [4.69, 9.17) is 0 Å². The van der Waals surface area contributed by atoms with Crippen molar-refractivity contribution in [1.82, 2.24) is 4.90 Å². The van der Waals surface area contributed by atoms with Gasteiger partial charge in [-0.2, -0.15) is 0 Å². The molecule has 136 valence electrons. The molecule has 0 bridgehead atoms. The minimum absolute atomic E-state index is 0.251. The maximum absolute atomic E-state index is 12.9. The number of carbonyl (C=O) groups excluding carboxylic acids is 1. The molecule has 1 atom stereocenters. The van der Waals surface area contributed by atoms with Gasteiger partial charge in [0.25, 0.3) is 0 Å². The molecule has 4 rings (SSSR count). The average molecular weight is 349 g/mol. The van der Waals surface area contributed by atoms with Crippen molar-refractivity contribution in [3.05, 3.63) is 60.2 Å². The number of nitrogens with zero attached hydrogens (tertiary/aromatic N) is 3. The van der Waals surface area contributed by atoms with Crippen LogP contribution in [0.1, 0.15) is 18.9 Å². The van der Waals surface area contributed by atoms with Crippen LogP contribution in [-0.2, 0) is 11.2 Å². The Morgan fingerprint density at radius 3 is 2.42 bits per heavy atom. The molecule has 2 aromatic carbocycles. The number of rotatable bonds is 3. The Bertz CT molecular complexity index is 753. The van der Waals surface area contributed by atoms with Gasteiger partial charge in [-0.1, -0.05) is 36.4 Å². The van der Waals surface area contributed by atoms with E-state index in [1.54, 1.807) is 0 Å². The third-order valence-electron chi connectivity index (χ3n) is 5.72. The van der Waals surface area contributed by atoms with Gasteiger partial charge in [-0.25, -0.2) is 0 Å². The van der Waals surface area contributed by atoms with E-state index >= 15 is 0 Å². The Hall–Kier alpha value is -2.49. The first-order chi connectivity index (χ1) is 12.7. The molecule has 4 nitrogen and oxygen atoms in total. The van der Waals surface area contributed by atoms with Crippen molar-refractivity contribution in [2.45, 2.75) is 25.8 Å². The fourth-order valence-corrected chi connectivity index (χ4v) is 4.10. The fourth-order valence-electron chi connectivity index (χ4n) is 4.10. The molecular formula is C22H27N3O. The van der Waals surface area contributed by atoms with Crippen LogP contribution in [-0.4, -0.2) is 49.6 Å². The van der Waals surface area contributed by atoms with E-state index in [9.17, 15) is 4.79 Å². The Morgan fingerprint density at radius 2 is 1.65 bits per heavy atom. The number of aryl methyl sites for hydroxylation is 1. The second kappa shape index (κ2) is 7.40. The third kappa shape index (κ3) is 3.41. The van der Waals surface area contributed by atoms with E-state index in [2.05, 4.69) is 65.3 Å². The van der Waals surface area contributed by atoms with Crippen LogP contribution in [0.25, 0.3) is 0 Å². The molecule has 2 aromatic rings. The predicted molar refractivity (Wildman–Crippen MR) is 107 cm³/mol. The molecule has 4 heteroatoms. The highest BCUT2D eigenvalue weighted by atomic mass is 16.2. The van der Waals surface area contributed by atoms with E-state index in [0.717, 1.165) is 39.0 Å². The van der Waals surface area contributed by atoms with E-state index in [1.165, 1.54) is 16.9 Å². The summed E-state index contributed by atoms with van der Waals surface area (Å²) in [7, 11) is 0. The summed E-state index contributed by atoms with van der Waals surface area (Å²) in [4.78, 5) is 19.6. The van der Waals surface area contributed by atoms with Crippen LogP contribution in [0.5, 0.6) is 0 Å². The number of carbonyl (C=O) groups is 1. The molecule has 1 fully saturated rings. The number of para-hydroxylation sites is 2. The standard InChI is InChI=1S/C22H27N3O/c1-18-11-12-19-7-5-6-10-21(19)25(18)17-22(26)24-15-13-23(14-16-24)20-8-3-2-4-9-20/h2-10,18H,11-17H2,1H3/t18-/m1/s1. The molecule has 0 N–H and O–H groups in total. The zero-order valence-corrected chi connectivity index (χ0v) is 15.5. The van der Waals surface area contributed by atoms with Gasteiger partial charge in [0.1, 0.15) is 0 Å². The summed E-state index contributed by atoms with van der Waals surface area (Å²) in [6, 6.07) is 19.4. The molecule has 2 aliphatic rings. The van der Waals surface area contributed by atoms with Crippen molar-refractivity contribution >= 4 is 17.3 Å². The van der Waals surface area contributed by atoms with Crippen molar-refractivity contribution in [2.75, 3.05) is 42.5 Å². The summed E-state index contributed by atoms with van der Waals surface area (Å²) in [6.07, 6.45) is 2.23. The van der Waals surface area contributed by atoms with Crippen molar-refractivity contribution < 1.29 is 4.79 Å². The van der Waals surface area contributed by atoms with Crippen LogP contribution >= 0.6 is 0 Å². The van der Waals surface area contributed by atoms with Gasteiger partial charge >= 0.3 is 0 Å². The SMILES string of the molecule is C[C@@H]1CCc2ccccc2N1CC(=O)N1CCN(c2ccccc2)CC1. The van der Waals surface area contributed by atoms with Gasteiger partial charge in [-0.3, -0.25) is 4.79 Å². The maximum Gasteiger partial charge on any atom is 0.242 e. The van der Waals surface area contributed by atoms with E-state index in [-0.39, 0.29) is 5.91 Å². The highest BCUT2D eigenvalue weighted by Gasteiger charge is 2.28. The fraction of sp³-hybridized carbons (Fsp3) is 0.409. The van der Waals surface area contributed by atoms with Crippen molar-refractivity contribution in [3.63, 3.8) is 0 Å². The Balaban J connectivity index is 1.39. The number of piperazine rings is 1. The lowest BCUT2D eigenvalue weighted by Crippen LogP contribution is -2.52. The molecule has 1 saturated heterocycles. The summed E-state index contributed by atoms with van der Waals surface area (Å²) in [5, 5.41) is 0. The molecule has 0 aromatic heterocycles. The second-order valence-electron chi connectivity index (χ2n) is 7.35. The van der Waals surface area contributed by atoms with Crippen LogP contribution in [0.3, 0.4) is 0 Å². The lowest BCUT2D eigenvalue weighted by Gasteiger charge is -2.40. The van der Waals surface area contributed by atoms with E-state index < -0.39 is 0 Å². The van der Waals surface area contributed by atoms with Crippen LogP contribution in [0, 0.1) is 0 Å². The zero-order chi connectivity index (χ0) is 17.9. The van der Waals surface area contributed by atoms with Gasteiger partial charge in [0.15, 0.2) is 0 Å². The molecular weight excluding hydrogens is 322 g/mol. The minimum Gasteiger partial charge on any atom is -0.368 e. The van der Waals surface area contributed by atoms with Crippen molar-refractivity contribution in [1.29, 1.82) is 0 Å². The number of fused-ring (bicyclic) bond motifs is 1. The minimum atomic E-state index is 0.251. The van der Waals surface area contributed by atoms with Gasteiger partial charge in [0, 0.05) is 43.6 Å². The smallest absolute Gasteiger partial charge is 0.242 e. The van der Waals surface area contributed by atoms with Crippen LogP contribution < -0.4 is 9.80 Å². The van der Waals surface area contributed by atoms with Gasteiger partial charge in [0.2, 0.25) is 5.91 Å². The molecule has 2 heterocycles. The molecule has 0 unspecified atom stereocenters. The Labute approximate surface area is 156 Å². The van der Waals surface area contributed by atoms with E-state index in [1.807, 2.05) is 11.0 Å². The molecule has 26 heavy (non-hydrogen) atoms. The lowest BCUT2D eigenvalue weighted by molar-refractivity contribution is -0.130. The van der Waals surface area contributed by atoms with E-state index in [0.29, 0.717) is 12.6 Å². The van der Waals surface area contributed by atoms with Gasteiger partial charge in [-0.15, -0.1) is 0 Å². The van der Waals surface area contributed by atoms with Crippen LogP contribution in [0.15, 0.2) is 54.6 Å². The predicted octanol–water partition coefficient (Wildman–Crippen LogP) is 3.18. The van der Waals surface area contributed by atoms with Gasteiger partial charge < -0.3 is 14.7 Å². The highest BCUT2D eigenvalue weighted by molar-refractivity contribution is 5.82. The van der Waals surface area contributed by atoms with Gasteiger partial charge in [-0.05, 0) is 43.5 Å². The first kappa shape index (κ1) is 17.0. The maximum atomic E-state index is 12.9. The largest absolute Gasteiger partial charge is 0.368 e. The lowest BCUT2D eigenvalue weighted by atomic mass is 9.96. The summed E-state index contributed by atoms with van der Waals surface area (Å²) in [5.41, 5.74) is 3.85. The molecule has 0 radical (unpaired) electrons.